The van der Waals surface area contributed by atoms with Gasteiger partial charge in [-0.15, -0.1) is 0 Å². The minimum Gasteiger partial charge on any atom is -0.399 e. The van der Waals surface area contributed by atoms with E-state index in [0.717, 1.165) is 29.3 Å². The molecule has 1 unspecified atom stereocenters. The standard InChI is InChI=1S/C19H22N2OS/c1-14-2-6-16(7-3-14)18-13-23-11-10-21(18)19(22)12-15-4-8-17(20)9-5-15/h2-9,18H,10-13,20H2,1H3. The molecule has 1 atom stereocenters. The van der Waals surface area contributed by atoms with Crippen LogP contribution in [0.2, 0.25) is 0 Å². The van der Waals surface area contributed by atoms with Crippen molar-refractivity contribution >= 4 is 23.4 Å². The number of benzene rings is 2. The first kappa shape index (κ1) is 15.9. The fourth-order valence-electron chi connectivity index (χ4n) is 2.88. The molecule has 0 bridgehead atoms. The van der Waals surface area contributed by atoms with Crippen LogP contribution >= 0.6 is 11.8 Å². The number of anilines is 1. The fraction of sp³-hybridized carbons (Fsp3) is 0.316. The van der Waals surface area contributed by atoms with E-state index >= 15 is 0 Å². The normalized spacial score (nSPS) is 18.0. The molecule has 1 heterocycles. The molecule has 0 aliphatic carbocycles. The van der Waals surface area contributed by atoms with E-state index in [1.54, 1.807) is 0 Å². The van der Waals surface area contributed by atoms with E-state index in [4.69, 9.17) is 5.73 Å². The van der Waals surface area contributed by atoms with Gasteiger partial charge in [0.1, 0.15) is 0 Å². The molecular weight excluding hydrogens is 304 g/mol. The summed E-state index contributed by atoms with van der Waals surface area (Å²) in [7, 11) is 0. The Morgan fingerprint density at radius 1 is 1.17 bits per heavy atom. The second-order valence-corrected chi connectivity index (χ2v) is 7.16. The van der Waals surface area contributed by atoms with Crippen molar-refractivity contribution in [3.63, 3.8) is 0 Å². The molecule has 1 fully saturated rings. The predicted molar refractivity (Wildman–Crippen MR) is 97.5 cm³/mol. The van der Waals surface area contributed by atoms with Gasteiger partial charge in [-0.3, -0.25) is 4.79 Å². The third-order valence-corrected chi connectivity index (χ3v) is 5.27. The second-order valence-electron chi connectivity index (χ2n) is 6.01. The number of amides is 1. The number of nitrogen functional groups attached to an aromatic ring is 1. The lowest BCUT2D eigenvalue weighted by atomic mass is 10.0. The van der Waals surface area contributed by atoms with Crippen LogP contribution in [0.4, 0.5) is 5.69 Å². The number of carbonyl (C=O) groups excluding carboxylic acids is 1. The topological polar surface area (TPSA) is 46.3 Å². The number of nitrogens with two attached hydrogens (primary N) is 1. The summed E-state index contributed by atoms with van der Waals surface area (Å²) < 4.78 is 0. The van der Waals surface area contributed by atoms with Crippen molar-refractivity contribution in [1.29, 1.82) is 0 Å². The highest BCUT2D eigenvalue weighted by molar-refractivity contribution is 7.99. The molecule has 0 saturated carbocycles. The minimum atomic E-state index is 0.177. The van der Waals surface area contributed by atoms with Crippen LogP contribution in [0.3, 0.4) is 0 Å². The first-order chi connectivity index (χ1) is 11.1. The van der Waals surface area contributed by atoms with Crippen molar-refractivity contribution in [2.24, 2.45) is 0 Å². The molecule has 3 nitrogen and oxygen atoms in total. The monoisotopic (exact) mass is 326 g/mol. The van der Waals surface area contributed by atoms with E-state index in [1.165, 1.54) is 11.1 Å². The van der Waals surface area contributed by atoms with Gasteiger partial charge in [-0.05, 0) is 30.2 Å². The van der Waals surface area contributed by atoms with Gasteiger partial charge in [0.2, 0.25) is 5.91 Å². The molecule has 120 valence electrons. The summed E-state index contributed by atoms with van der Waals surface area (Å²) in [4.78, 5) is 14.8. The van der Waals surface area contributed by atoms with Crippen LogP contribution in [-0.4, -0.2) is 28.9 Å². The number of carbonyl (C=O) groups is 1. The Bertz CT molecular complexity index is 667. The molecule has 23 heavy (non-hydrogen) atoms. The molecule has 0 aromatic heterocycles. The zero-order chi connectivity index (χ0) is 16.2. The van der Waals surface area contributed by atoms with Crippen LogP contribution < -0.4 is 5.73 Å². The minimum absolute atomic E-state index is 0.177. The summed E-state index contributed by atoms with van der Waals surface area (Å²) >= 11 is 1.92. The molecule has 0 spiro atoms. The van der Waals surface area contributed by atoms with E-state index in [0.29, 0.717) is 6.42 Å². The van der Waals surface area contributed by atoms with E-state index in [2.05, 4.69) is 31.2 Å². The second kappa shape index (κ2) is 7.09. The maximum atomic E-state index is 12.8. The lowest BCUT2D eigenvalue weighted by Gasteiger charge is -2.36. The quantitative estimate of drug-likeness (QED) is 0.879. The van der Waals surface area contributed by atoms with Crippen molar-refractivity contribution in [3.8, 4) is 0 Å². The summed E-state index contributed by atoms with van der Waals surface area (Å²) in [5.41, 5.74) is 9.94. The van der Waals surface area contributed by atoms with Crippen LogP contribution in [-0.2, 0) is 11.2 Å². The number of aryl methyl sites for hydroxylation is 1. The van der Waals surface area contributed by atoms with Gasteiger partial charge in [-0.1, -0.05) is 42.0 Å². The van der Waals surface area contributed by atoms with Crippen LogP contribution in [0, 0.1) is 6.92 Å². The Morgan fingerprint density at radius 2 is 1.87 bits per heavy atom. The Kier molecular flexibility index (Phi) is 4.91. The van der Waals surface area contributed by atoms with Crippen molar-refractivity contribution in [2.45, 2.75) is 19.4 Å². The smallest absolute Gasteiger partial charge is 0.227 e. The molecule has 2 aromatic rings. The van der Waals surface area contributed by atoms with Gasteiger partial charge in [0, 0.05) is 23.7 Å². The van der Waals surface area contributed by atoms with Crippen LogP contribution in [0.15, 0.2) is 48.5 Å². The highest BCUT2D eigenvalue weighted by atomic mass is 32.2. The highest BCUT2D eigenvalue weighted by Gasteiger charge is 2.28. The Balaban J connectivity index is 1.76. The van der Waals surface area contributed by atoms with E-state index in [1.807, 2.05) is 40.9 Å². The average Bonchev–Trinajstić information content (AvgIpc) is 2.58. The molecule has 4 heteroatoms. The molecule has 1 aliphatic rings. The number of rotatable bonds is 3. The van der Waals surface area contributed by atoms with Crippen LogP contribution in [0.25, 0.3) is 0 Å². The number of thioether (sulfide) groups is 1. The van der Waals surface area contributed by atoms with Crippen molar-refractivity contribution in [1.82, 2.24) is 4.90 Å². The summed E-state index contributed by atoms with van der Waals surface area (Å²) in [6, 6.07) is 16.3. The fourth-order valence-corrected chi connectivity index (χ4v) is 3.97. The van der Waals surface area contributed by atoms with Crippen LogP contribution in [0.1, 0.15) is 22.7 Å². The summed E-state index contributed by atoms with van der Waals surface area (Å²) in [6.07, 6.45) is 0.438. The van der Waals surface area contributed by atoms with Gasteiger partial charge in [0.05, 0.1) is 12.5 Å². The molecule has 2 N–H and O–H groups in total. The Hall–Kier alpha value is -1.94. The molecule has 3 rings (SSSR count). The van der Waals surface area contributed by atoms with Gasteiger partial charge in [-0.2, -0.15) is 11.8 Å². The van der Waals surface area contributed by atoms with E-state index in [-0.39, 0.29) is 11.9 Å². The zero-order valence-electron chi connectivity index (χ0n) is 13.4. The molecule has 1 saturated heterocycles. The predicted octanol–water partition coefficient (Wildman–Crippen LogP) is 3.44. The van der Waals surface area contributed by atoms with Gasteiger partial charge >= 0.3 is 0 Å². The van der Waals surface area contributed by atoms with Crippen molar-refractivity contribution < 1.29 is 4.79 Å². The number of hydrogen-bond donors (Lipinski definition) is 1. The average molecular weight is 326 g/mol. The van der Waals surface area contributed by atoms with Crippen molar-refractivity contribution in [2.75, 3.05) is 23.8 Å². The molecule has 2 aromatic carbocycles. The maximum Gasteiger partial charge on any atom is 0.227 e. The molecular formula is C19H22N2OS. The third kappa shape index (κ3) is 3.88. The molecule has 0 radical (unpaired) electrons. The third-order valence-electron chi connectivity index (χ3n) is 4.25. The molecule has 1 aliphatic heterocycles. The Labute approximate surface area is 141 Å². The lowest BCUT2D eigenvalue weighted by Crippen LogP contribution is -2.41. The van der Waals surface area contributed by atoms with Crippen molar-refractivity contribution in [3.05, 3.63) is 65.2 Å². The summed E-state index contributed by atoms with van der Waals surface area (Å²) in [5, 5.41) is 0. The Morgan fingerprint density at radius 3 is 2.57 bits per heavy atom. The van der Waals surface area contributed by atoms with Crippen LogP contribution in [0.5, 0.6) is 0 Å². The summed E-state index contributed by atoms with van der Waals surface area (Å²) in [6.45, 7) is 2.90. The maximum absolute atomic E-state index is 12.8. The SMILES string of the molecule is Cc1ccc(C2CSCCN2C(=O)Cc2ccc(N)cc2)cc1. The highest BCUT2D eigenvalue weighted by Crippen LogP contribution is 2.30. The largest absolute Gasteiger partial charge is 0.399 e. The number of hydrogen-bond acceptors (Lipinski definition) is 3. The van der Waals surface area contributed by atoms with Gasteiger partial charge in [-0.25, -0.2) is 0 Å². The number of nitrogens with zero attached hydrogens (tertiary/aromatic N) is 1. The first-order valence-electron chi connectivity index (χ1n) is 7.91. The molecule has 1 amide bonds. The van der Waals surface area contributed by atoms with Gasteiger partial charge in [0.15, 0.2) is 0 Å². The lowest BCUT2D eigenvalue weighted by molar-refractivity contribution is -0.132. The van der Waals surface area contributed by atoms with E-state index in [9.17, 15) is 4.79 Å². The first-order valence-corrected chi connectivity index (χ1v) is 9.07. The zero-order valence-corrected chi connectivity index (χ0v) is 14.2. The van der Waals surface area contributed by atoms with Gasteiger partial charge < -0.3 is 10.6 Å². The van der Waals surface area contributed by atoms with E-state index < -0.39 is 0 Å². The summed E-state index contributed by atoms with van der Waals surface area (Å²) in [5.74, 6) is 2.17. The van der Waals surface area contributed by atoms with Gasteiger partial charge in [0.25, 0.3) is 0 Å².